The summed E-state index contributed by atoms with van der Waals surface area (Å²) in [5.41, 5.74) is -13.4. The highest BCUT2D eigenvalue weighted by Gasteiger charge is 2.37. The van der Waals surface area contributed by atoms with E-state index in [1.807, 2.05) is 0 Å². The van der Waals surface area contributed by atoms with Crippen molar-refractivity contribution in [2.45, 2.75) is 19.1 Å². The fourth-order valence-electron chi connectivity index (χ4n) is 6.25. The molecule has 0 spiro atoms. The highest BCUT2D eigenvalue weighted by Crippen LogP contribution is 2.52. The van der Waals surface area contributed by atoms with Crippen LogP contribution in [0.4, 0.5) is 0 Å². The molecule has 1 aliphatic carbocycles. The molecule has 48 heavy (non-hydrogen) atoms. The molecule has 1 aliphatic rings. The normalized spacial score (nSPS) is 23.0. The number of fused-ring (bicyclic) bond motifs is 8. The summed E-state index contributed by atoms with van der Waals surface area (Å²) in [7, 11) is 0. The Hall–Kier alpha value is -5.92. The van der Waals surface area contributed by atoms with Gasteiger partial charge in [-0.1, -0.05) is 153 Å². The number of hydrogen-bond donors (Lipinski definition) is 0. The van der Waals surface area contributed by atoms with Crippen LogP contribution < -0.4 is 0 Å². The Morgan fingerprint density at radius 3 is 1.77 bits per heavy atom. The average molecular weight is 644 g/mol. The zero-order valence-electron chi connectivity index (χ0n) is 55.0. The van der Waals surface area contributed by atoms with Gasteiger partial charge in [0.15, 0.2) is 0 Å². The standard InChI is InChI=1S/C47H32O/c1-47(2)41-20-9-7-12-33(41)39-19-11-18-32(46(39)47)29-22-24-30(25-23-29)44-35-14-3-5-16-37(35)45(38-17-6-4-15-36(38)44)31-26-27-43-40(28-31)34-13-8-10-21-42(34)48-43/h3-28H,1-2H3/i1D3,2D3,3D,4D,5D,6D,7D,8D,9D,10D,11D,12D,13D,14D,15D,16D,17D,18D,19D,20D,21D,22D,24D,25D,26D,27D,28D. The fourth-order valence-corrected chi connectivity index (χ4v) is 6.25. The summed E-state index contributed by atoms with van der Waals surface area (Å²) < 4.78 is 285. The molecule has 0 amide bonds. The zero-order chi connectivity index (χ0) is 58.7. The second-order valence-corrected chi connectivity index (χ2v) is 10.8. The molecule has 1 heteroatoms. The first kappa shape index (κ1) is 10.5. The van der Waals surface area contributed by atoms with E-state index in [1.165, 1.54) is 0 Å². The first-order valence-corrected chi connectivity index (χ1v) is 14.2. The van der Waals surface area contributed by atoms with E-state index in [2.05, 4.69) is 0 Å². The minimum Gasteiger partial charge on any atom is -0.456 e. The maximum absolute atomic E-state index is 9.72. The van der Waals surface area contributed by atoms with Crippen molar-refractivity contribution in [3.05, 3.63) is 168 Å². The van der Waals surface area contributed by atoms with Gasteiger partial charge in [-0.2, -0.15) is 0 Å². The molecule has 226 valence electrons. The lowest BCUT2D eigenvalue weighted by molar-refractivity contribution is 0.662. The van der Waals surface area contributed by atoms with Gasteiger partial charge in [-0.15, -0.1) is 0 Å². The van der Waals surface area contributed by atoms with Crippen LogP contribution in [0.25, 0.3) is 88.0 Å². The van der Waals surface area contributed by atoms with Crippen LogP contribution in [-0.2, 0) is 5.41 Å². The van der Waals surface area contributed by atoms with E-state index >= 15 is 0 Å². The van der Waals surface area contributed by atoms with Crippen molar-refractivity contribution in [1.29, 1.82) is 0 Å². The van der Waals surface area contributed by atoms with Gasteiger partial charge in [0.05, 0.1) is 34.3 Å². The third kappa shape index (κ3) is 3.79. The van der Waals surface area contributed by atoms with Crippen molar-refractivity contribution in [3.8, 4) is 44.5 Å². The molecule has 0 N–H and O–H groups in total. The van der Waals surface area contributed by atoms with E-state index in [1.54, 1.807) is 0 Å². The molecule has 0 unspecified atom stereocenters. The van der Waals surface area contributed by atoms with Crippen LogP contribution in [0.3, 0.4) is 0 Å². The molecule has 0 bridgehead atoms. The molecule has 0 radical (unpaired) electrons. The number of para-hydroxylation sites is 1. The second kappa shape index (κ2) is 10.0. The summed E-state index contributed by atoms with van der Waals surface area (Å²) in [6.45, 7) is -7.76. The third-order valence-electron chi connectivity index (χ3n) is 8.28. The monoisotopic (exact) mass is 643 g/mol. The van der Waals surface area contributed by atoms with Crippen LogP contribution in [-0.4, -0.2) is 0 Å². The molecule has 1 nitrogen and oxygen atoms in total. The van der Waals surface area contributed by atoms with Gasteiger partial charge in [-0.25, -0.2) is 0 Å². The van der Waals surface area contributed by atoms with Crippen molar-refractivity contribution < 1.29 is 46.9 Å². The van der Waals surface area contributed by atoms with Gasteiger partial charge in [-0.05, 0) is 95.3 Å². The quantitative estimate of drug-likeness (QED) is 0.175. The Morgan fingerprint density at radius 2 is 1.02 bits per heavy atom. The van der Waals surface area contributed by atoms with E-state index in [9.17, 15) is 13.7 Å². The number of benzene rings is 8. The lowest BCUT2D eigenvalue weighted by Gasteiger charge is -2.24. The largest absolute Gasteiger partial charge is 0.456 e. The summed E-state index contributed by atoms with van der Waals surface area (Å²) in [6.07, 6.45) is 0. The summed E-state index contributed by atoms with van der Waals surface area (Å²) >= 11 is 0. The van der Waals surface area contributed by atoms with Crippen molar-refractivity contribution >= 4 is 43.5 Å². The number of rotatable bonds is 3. The molecule has 0 saturated heterocycles. The Bertz CT molecular complexity index is 4300. The molecular formula is C47H32O. The molecule has 0 saturated carbocycles. The summed E-state index contributed by atoms with van der Waals surface area (Å²) in [6, 6.07) is -24.2. The van der Waals surface area contributed by atoms with Crippen molar-refractivity contribution in [2.24, 2.45) is 0 Å². The molecule has 1 heterocycles. The van der Waals surface area contributed by atoms with E-state index in [0.29, 0.717) is 6.07 Å². The minimum absolute atomic E-state index is 0.451. The molecule has 10 rings (SSSR count). The summed E-state index contributed by atoms with van der Waals surface area (Å²) in [4.78, 5) is 0. The predicted molar refractivity (Wildman–Crippen MR) is 203 cm³/mol. The van der Waals surface area contributed by atoms with Crippen LogP contribution in [0.1, 0.15) is 67.3 Å². The molecular weight excluding hydrogens is 581 g/mol. The van der Waals surface area contributed by atoms with E-state index in [-0.39, 0.29) is 0 Å². The zero-order valence-corrected chi connectivity index (χ0v) is 24.0. The highest BCUT2D eigenvalue weighted by molar-refractivity contribution is 6.22. The van der Waals surface area contributed by atoms with Gasteiger partial charge in [0.2, 0.25) is 0 Å². The van der Waals surface area contributed by atoms with Crippen LogP contribution in [0, 0.1) is 0 Å². The number of furan rings is 1. The first-order chi connectivity index (χ1) is 36.5. The second-order valence-electron chi connectivity index (χ2n) is 10.8. The molecule has 1 aromatic heterocycles. The maximum atomic E-state index is 9.72. The minimum atomic E-state index is -3.88. The van der Waals surface area contributed by atoms with Crippen LogP contribution in [0.2, 0.25) is 0 Å². The molecule has 0 fully saturated rings. The first-order valence-electron chi connectivity index (χ1n) is 29.7. The van der Waals surface area contributed by atoms with Crippen molar-refractivity contribution in [1.82, 2.24) is 0 Å². The lowest BCUT2D eigenvalue weighted by atomic mass is 9.78. The maximum Gasteiger partial charge on any atom is 0.135 e. The van der Waals surface area contributed by atoms with Crippen LogP contribution in [0.5, 0.6) is 0 Å². The summed E-state index contributed by atoms with van der Waals surface area (Å²) in [5, 5.41) is -4.00. The van der Waals surface area contributed by atoms with Crippen LogP contribution in [0.15, 0.2) is 162 Å². The average Bonchev–Trinajstić information content (AvgIpc) is 2.52. The SMILES string of the molecule is [2H]c1cc(-c2c([2H])c([2H])c([2H])c3c2C(C([2H])([2H])[2H])(C([2H])([2H])[2H])c2c([2H])c([2H])c([2H])c([2H])c2-3)c([2H])c([2H])c1-c1c2c([2H])c([2H])c([2H])c([2H])c2c(-c2c([2H])c([2H])c3oc4c([2H])c([2H])c([2H])c([2H])c4c3c2[2H])c2c([2H])c([2H])c([2H])c([2H])c12. The smallest absolute Gasteiger partial charge is 0.135 e. The van der Waals surface area contributed by atoms with Crippen molar-refractivity contribution in [2.75, 3.05) is 0 Å². The predicted octanol–water partition coefficient (Wildman–Crippen LogP) is 13.2. The molecule has 0 aliphatic heterocycles. The third-order valence-corrected chi connectivity index (χ3v) is 8.28. The Morgan fingerprint density at radius 1 is 0.458 bits per heavy atom. The van der Waals surface area contributed by atoms with Crippen molar-refractivity contribution in [3.63, 3.8) is 0 Å². The molecule has 9 aromatic rings. The fraction of sp³-hybridized carbons (Fsp3) is 0.0638. The summed E-state index contributed by atoms with van der Waals surface area (Å²) in [5.74, 6) is 0. The lowest BCUT2D eigenvalue weighted by Crippen LogP contribution is -2.16. The van der Waals surface area contributed by atoms with Gasteiger partial charge in [-0.3, -0.25) is 0 Å². The van der Waals surface area contributed by atoms with E-state index < -0.39 is 269 Å². The van der Waals surface area contributed by atoms with Crippen LogP contribution >= 0.6 is 0 Å². The molecule has 0 atom stereocenters. The van der Waals surface area contributed by atoms with E-state index in [4.69, 9.17) is 33.2 Å². The Balaban J connectivity index is 1.43. The van der Waals surface area contributed by atoms with Gasteiger partial charge >= 0.3 is 0 Å². The topological polar surface area (TPSA) is 13.1 Å². The highest BCUT2D eigenvalue weighted by atomic mass is 16.3. The molecule has 8 aromatic carbocycles. The Kier molecular flexibility index (Phi) is 2.20. The number of hydrogen-bond acceptors (Lipinski definition) is 1. The van der Waals surface area contributed by atoms with Gasteiger partial charge in [0.25, 0.3) is 0 Å². The Labute approximate surface area is 323 Å². The van der Waals surface area contributed by atoms with E-state index in [0.717, 1.165) is 0 Å². The van der Waals surface area contributed by atoms with Gasteiger partial charge in [0, 0.05) is 24.4 Å². The van der Waals surface area contributed by atoms with Gasteiger partial charge in [0.1, 0.15) is 11.2 Å². The van der Waals surface area contributed by atoms with Gasteiger partial charge < -0.3 is 4.42 Å².